The maximum atomic E-state index is 13.5. The maximum absolute atomic E-state index is 13.5. The van der Waals surface area contributed by atoms with Crippen LogP contribution < -0.4 is 19.7 Å². The van der Waals surface area contributed by atoms with Gasteiger partial charge < -0.3 is 14.8 Å². The molecule has 0 saturated heterocycles. The van der Waals surface area contributed by atoms with Crippen LogP contribution in [0, 0.1) is 0 Å². The van der Waals surface area contributed by atoms with Gasteiger partial charge >= 0.3 is 0 Å². The van der Waals surface area contributed by atoms with Gasteiger partial charge in [-0.15, -0.1) is 0 Å². The van der Waals surface area contributed by atoms with Crippen LogP contribution in [-0.4, -0.2) is 26.0 Å². The summed E-state index contributed by atoms with van der Waals surface area (Å²) in [5.41, 5.74) is 2.25. The largest absolute Gasteiger partial charge is 0.497 e. The van der Waals surface area contributed by atoms with E-state index in [1.165, 1.54) is 14.2 Å². The number of carbonyl (C=O) groups is 2. The summed E-state index contributed by atoms with van der Waals surface area (Å²) in [6.07, 6.45) is 0. The quantitative estimate of drug-likeness (QED) is 0.631. The second-order valence-corrected chi connectivity index (χ2v) is 6.59. The Kier molecular flexibility index (Phi) is 5.22. The van der Waals surface area contributed by atoms with Crippen molar-refractivity contribution in [1.29, 1.82) is 0 Å². The number of nitrogens with one attached hydrogen (secondary N) is 1. The van der Waals surface area contributed by atoms with E-state index >= 15 is 0 Å². The van der Waals surface area contributed by atoms with Crippen molar-refractivity contribution in [2.24, 2.45) is 0 Å². The number of para-hydroxylation sites is 1. The Morgan fingerprint density at radius 1 is 0.767 bits per heavy atom. The topological polar surface area (TPSA) is 67.9 Å². The number of benzene rings is 3. The van der Waals surface area contributed by atoms with Crippen molar-refractivity contribution in [3.8, 4) is 11.5 Å². The molecule has 30 heavy (non-hydrogen) atoms. The summed E-state index contributed by atoms with van der Waals surface area (Å²) in [6.45, 7) is 0. The normalized spacial score (nSPS) is 13.6. The molecule has 3 aromatic rings. The molecular weight excluding hydrogens is 380 g/mol. The minimum atomic E-state index is -0.453. The molecule has 4 rings (SSSR count). The van der Waals surface area contributed by atoms with E-state index in [-0.39, 0.29) is 5.70 Å². The first-order valence-corrected chi connectivity index (χ1v) is 9.36. The van der Waals surface area contributed by atoms with Crippen LogP contribution >= 0.6 is 0 Å². The highest BCUT2D eigenvalue weighted by molar-refractivity contribution is 6.46. The van der Waals surface area contributed by atoms with E-state index in [1.54, 1.807) is 18.2 Å². The molecule has 150 valence electrons. The highest BCUT2D eigenvalue weighted by Crippen LogP contribution is 2.39. The first-order valence-electron chi connectivity index (χ1n) is 9.36. The molecule has 6 heteroatoms. The molecular formula is C24H20N2O4. The third-order valence-electron chi connectivity index (χ3n) is 4.82. The monoisotopic (exact) mass is 400 g/mol. The zero-order valence-electron chi connectivity index (χ0n) is 16.6. The van der Waals surface area contributed by atoms with Gasteiger partial charge in [0.25, 0.3) is 11.8 Å². The van der Waals surface area contributed by atoms with Gasteiger partial charge in [-0.1, -0.05) is 48.5 Å². The van der Waals surface area contributed by atoms with Crippen molar-refractivity contribution in [2.45, 2.75) is 0 Å². The van der Waals surface area contributed by atoms with Crippen LogP contribution in [0.2, 0.25) is 0 Å². The van der Waals surface area contributed by atoms with Gasteiger partial charge in [0, 0.05) is 11.8 Å². The molecule has 6 nitrogen and oxygen atoms in total. The minimum Gasteiger partial charge on any atom is -0.497 e. The van der Waals surface area contributed by atoms with E-state index in [1.807, 2.05) is 60.7 Å². The van der Waals surface area contributed by atoms with Gasteiger partial charge in [-0.2, -0.15) is 0 Å². The highest BCUT2D eigenvalue weighted by Gasteiger charge is 2.41. The summed E-state index contributed by atoms with van der Waals surface area (Å²) >= 11 is 0. The smallest absolute Gasteiger partial charge is 0.282 e. The van der Waals surface area contributed by atoms with Crippen molar-refractivity contribution in [3.05, 3.63) is 90.1 Å². The number of nitrogens with zero attached hydrogens (tertiary/aromatic N) is 1. The molecule has 0 unspecified atom stereocenters. The Hall–Kier alpha value is -4.06. The van der Waals surface area contributed by atoms with E-state index in [9.17, 15) is 9.59 Å². The van der Waals surface area contributed by atoms with Crippen LogP contribution in [0.4, 0.5) is 11.4 Å². The Labute approximate surface area is 174 Å². The number of methoxy groups -OCH3 is 2. The fourth-order valence-corrected chi connectivity index (χ4v) is 3.37. The van der Waals surface area contributed by atoms with Crippen molar-refractivity contribution in [2.75, 3.05) is 24.4 Å². The molecule has 0 bridgehead atoms. The summed E-state index contributed by atoms with van der Waals surface area (Å²) in [6, 6.07) is 23.4. The van der Waals surface area contributed by atoms with Gasteiger partial charge in [-0.25, -0.2) is 4.90 Å². The first-order chi connectivity index (χ1) is 14.6. The molecule has 0 aliphatic carbocycles. The molecule has 0 atom stereocenters. The van der Waals surface area contributed by atoms with E-state index < -0.39 is 11.8 Å². The van der Waals surface area contributed by atoms with Gasteiger partial charge in [0.1, 0.15) is 17.2 Å². The van der Waals surface area contributed by atoms with Gasteiger partial charge in [0.05, 0.1) is 25.5 Å². The Morgan fingerprint density at radius 2 is 1.43 bits per heavy atom. The fourth-order valence-electron chi connectivity index (χ4n) is 3.37. The van der Waals surface area contributed by atoms with Crippen molar-refractivity contribution in [3.63, 3.8) is 0 Å². The summed E-state index contributed by atoms with van der Waals surface area (Å²) in [4.78, 5) is 28.0. The van der Waals surface area contributed by atoms with Crippen molar-refractivity contribution >= 4 is 28.8 Å². The lowest BCUT2D eigenvalue weighted by Gasteiger charge is -2.19. The molecule has 0 spiro atoms. The number of carbonyl (C=O) groups excluding carboxylic acids is 2. The third-order valence-corrected chi connectivity index (χ3v) is 4.82. The number of amides is 2. The van der Waals surface area contributed by atoms with Gasteiger partial charge in [0.2, 0.25) is 0 Å². The molecule has 0 radical (unpaired) electrons. The summed E-state index contributed by atoms with van der Waals surface area (Å²) in [5.74, 6) is 0.0530. The number of ether oxygens (including phenoxy) is 2. The second kappa shape index (κ2) is 8.13. The Balaban J connectivity index is 1.83. The lowest BCUT2D eigenvalue weighted by Crippen LogP contribution is -2.32. The van der Waals surface area contributed by atoms with Crippen molar-refractivity contribution < 1.29 is 19.1 Å². The molecule has 3 aromatic carbocycles. The van der Waals surface area contributed by atoms with E-state index in [0.29, 0.717) is 34.0 Å². The van der Waals surface area contributed by atoms with Crippen LogP contribution in [0.3, 0.4) is 0 Å². The van der Waals surface area contributed by atoms with Crippen LogP contribution in [0.5, 0.6) is 11.5 Å². The van der Waals surface area contributed by atoms with E-state index in [0.717, 1.165) is 4.90 Å². The molecule has 1 N–H and O–H groups in total. The van der Waals surface area contributed by atoms with Crippen LogP contribution in [0.1, 0.15) is 5.56 Å². The second-order valence-electron chi connectivity index (χ2n) is 6.59. The zero-order valence-corrected chi connectivity index (χ0v) is 16.6. The highest BCUT2D eigenvalue weighted by atomic mass is 16.5. The Bertz CT molecular complexity index is 1120. The molecule has 0 aromatic heterocycles. The summed E-state index contributed by atoms with van der Waals surface area (Å²) in [7, 11) is 3.02. The molecule has 1 heterocycles. The van der Waals surface area contributed by atoms with Gasteiger partial charge in [-0.05, 0) is 29.8 Å². The molecule has 0 saturated carbocycles. The van der Waals surface area contributed by atoms with E-state index in [2.05, 4.69) is 5.32 Å². The summed E-state index contributed by atoms with van der Waals surface area (Å²) < 4.78 is 10.7. The van der Waals surface area contributed by atoms with E-state index in [4.69, 9.17) is 9.47 Å². The predicted molar refractivity (Wildman–Crippen MR) is 115 cm³/mol. The number of hydrogen-bond donors (Lipinski definition) is 1. The average Bonchev–Trinajstić information content (AvgIpc) is 3.03. The zero-order chi connectivity index (χ0) is 21.1. The number of imide groups is 1. The maximum Gasteiger partial charge on any atom is 0.282 e. The molecule has 1 aliphatic rings. The first kappa shape index (κ1) is 19.3. The summed E-state index contributed by atoms with van der Waals surface area (Å²) in [5, 5.41) is 3.13. The Morgan fingerprint density at radius 3 is 2.07 bits per heavy atom. The standard InChI is InChI=1S/C24H20N2O4/c1-29-18-13-14-19(20(15-18)30-2)26-23(27)21(16-9-5-3-6-10-16)22(24(26)28)25-17-11-7-4-8-12-17/h3-15,25H,1-2H3. The average molecular weight is 400 g/mol. The minimum absolute atomic E-state index is 0.218. The van der Waals surface area contributed by atoms with Crippen molar-refractivity contribution in [1.82, 2.24) is 0 Å². The lowest BCUT2D eigenvalue weighted by atomic mass is 10.0. The predicted octanol–water partition coefficient (Wildman–Crippen LogP) is 4.10. The molecule has 1 aliphatic heterocycles. The number of anilines is 2. The number of rotatable bonds is 6. The van der Waals surface area contributed by atoms with Crippen LogP contribution in [-0.2, 0) is 9.59 Å². The molecule has 2 amide bonds. The lowest BCUT2D eigenvalue weighted by molar-refractivity contribution is -0.120. The van der Waals surface area contributed by atoms with Gasteiger partial charge in [0.15, 0.2) is 0 Å². The van der Waals surface area contributed by atoms with Gasteiger partial charge in [-0.3, -0.25) is 9.59 Å². The van der Waals surface area contributed by atoms with Crippen LogP contribution in [0.15, 0.2) is 84.6 Å². The van der Waals surface area contributed by atoms with Crippen LogP contribution in [0.25, 0.3) is 5.57 Å². The molecule has 0 fully saturated rings. The fraction of sp³-hybridized carbons (Fsp3) is 0.0833. The third kappa shape index (κ3) is 3.39. The number of hydrogen-bond acceptors (Lipinski definition) is 5. The SMILES string of the molecule is COc1ccc(N2C(=O)C(Nc3ccccc3)=C(c3ccccc3)C2=O)c(OC)c1.